The van der Waals surface area contributed by atoms with Crippen LogP contribution in [0.25, 0.3) is 5.69 Å². The number of aliphatic hydroxyl groups is 1. The van der Waals surface area contributed by atoms with Gasteiger partial charge in [0.2, 0.25) is 0 Å². The second-order valence-corrected chi connectivity index (χ2v) is 9.69. The van der Waals surface area contributed by atoms with E-state index in [1.807, 2.05) is 42.5 Å². The van der Waals surface area contributed by atoms with Crippen molar-refractivity contribution in [2.45, 2.75) is 76.3 Å². The lowest BCUT2D eigenvalue weighted by Gasteiger charge is -2.39. The number of aliphatic hydroxyl groups excluding tert-OH is 1. The molecule has 3 aliphatic rings. The number of hydrogen-bond donors (Lipinski definition) is 1. The fraction of sp³-hybridized carbons (Fsp3) is 0.538. The van der Waals surface area contributed by atoms with Gasteiger partial charge in [-0.2, -0.15) is 5.10 Å². The molecule has 3 heterocycles. The predicted molar refractivity (Wildman–Crippen MR) is 128 cm³/mol. The van der Waals surface area contributed by atoms with Gasteiger partial charge in [-0.15, -0.1) is 0 Å². The Morgan fingerprint density at radius 2 is 1.91 bits per heavy atom. The molecular weight excluding hydrogens is 435 g/mol. The van der Waals surface area contributed by atoms with Gasteiger partial charge in [0, 0.05) is 30.6 Å². The van der Waals surface area contributed by atoms with E-state index in [2.05, 4.69) is 10.00 Å². The number of nitrogens with zero attached hydrogens (tertiary/aromatic N) is 4. The topological polar surface area (TPSA) is 72.5 Å². The molecule has 34 heavy (non-hydrogen) atoms. The van der Waals surface area contributed by atoms with Crippen LogP contribution in [0.3, 0.4) is 0 Å². The summed E-state index contributed by atoms with van der Waals surface area (Å²) in [6.45, 7) is 2.80. The van der Waals surface area contributed by atoms with E-state index in [-0.39, 0.29) is 24.2 Å². The predicted octanol–water partition coefficient (Wildman–Crippen LogP) is 3.29. The van der Waals surface area contributed by atoms with E-state index in [0.717, 1.165) is 37.8 Å². The van der Waals surface area contributed by atoms with Crippen LogP contribution in [0.2, 0.25) is 0 Å². The van der Waals surface area contributed by atoms with Crippen molar-refractivity contribution in [1.82, 2.24) is 19.2 Å². The minimum Gasteiger partial charge on any atom is -0.390 e. The van der Waals surface area contributed by atoms with E-state index in [1.165, 1.54) is 4.68 Å². The standard InChI is InChI=1S/C26H33FN4O3/c1-18-28-30(26(33)31(18)20-8-3-2-4-9-20)16-23(32)15-29-21-11-12-22(29)14-24(13-21)34-17-19-7-5-6-10-25(19)27/h2-5,7-9,21-24,32H,6,10-17H2,1H3. The van der Waals surface area contributed by atoms with Gasteiger partial charge in [0.25, 0.3) is 0 Å². The molecule has 1 aromatic heterocycles. The van der Waals surface area contributed by atoms with Crippen molar-refractivity contribution in [2.75, 3.05) is 13.2 Å². The Hall–Kier alpha value is -2.55. The van der Waals surface area contributed by atoms with Crippen LogP contribution in [0.5, 0.6) is 0 Å². The summed E-state index contributed by atoms with van der Waals surface area (Å²) in [5.74, 6) is 0.548. The van der Waals surface area contributed by atoms with Crippen LogP contribution in [-0.2, 0) is 11.3 Å². The summed E-state index contributed by atoms with van der Waals surface area (Å²) in [6, 6.07) is 10.1. The van der Waals surface area contributed by atoms with Crippen molar-refractivity contribution >= 4 is 0 Å². The maximum absolute atomic E-state index is 14.0. The van der Waals surface area contributed by atoms with Crippen molar-refractivity contribution in [3.63, 3.8) is 0 Å². The molecule has 2 fully saturated rings. The molecular formula is C26H33FN4O3. The van der Waals surface area contributed by atoms with Gasteiger partial charge in [-0.3, -0.25) is 4.90 Å². The molecule has 2 aromatic rings. The molecule has 0 spiro atoms. The van der Waals surface area contributed by atoms with E-state index in [4.69, 9.17) is 4.74 Å². The van der Waals surface area contributed by atoms with Gasteiger partial charge in [-0.05, 0) is 51.2 Å². The number of piperidine rings is 1. The van der Waals surface area contributed by atoms with E-state index in [0.29, 0.717) is 43.1 Å². The van der Waals surface area contributed by atoms with Gasteiger partial charge >= 0.3 is 5.69 Å². The fourth-order valence-corrected chi connectivity index (χ4v) is 5.69. The van der Waals surface area contributed by atoms with Gasteiger partial charge in [0.1, 0.15) is 11.7 Å². The number of allylic oxidation sites excluding steroid dienone is 2. The van der Waals surface area contributed by atoms with E-state index < -0.39 is 6.10 Å². The van der Waals surface area contributed by atoms with Crippen molar-refractivity contribution < 1.29 is 14.2 Å². The third-order valence-corrected chi connectivity index (χ3v) is 7.33. The number of fused-ring (bicyclic) bond motifs is 2. The number of aromatic nitrogens is 3. The second kappa shape index (κ2) is 9.98. The highest BCUT2D eigenvalue weighted by molar-refractivity contribution is 5.32. The molecule has 3 unspecified atom stereocenters. The van der Waals surface area contributed by atoms with Gasteiger partial charge in [0.15, 0.2) is 0 Å². The third-order valence-electron chi connectivity index (χ3n) is 7.33. The highest BCUT2D eigenvalue weighted by Gasteiger charge is 2.41. The molecule has 1 N–H and O–H groups in total. The summed E-state index contributed by atoms with van der Waals surface area (Å²) < 4.78 is 23.0. The lowest BCUT2D eigenvalue weighted by molar-refractivity contribution is -0.0267. The van der Waals surface area contributed by atoms with Crippen molar-refractivity contribution in [3.05, 3.63) is 70.2 Å². The molecule has 0 saturated carbocycles. The first-order chi connectivity index (χ1) is 16.5. The number of hydrogen-bond acceptors (Lipinski definition) is 5. The zero-order valence-corrected chi connectivity index (χ0v) is 19.6. The normalized spacial score (nSPS) is 25.8. The molecule has 8 heteroatoms. The van der Waals surface area contributed by atoms with Crippen LogP contribution >= 0.6 is 0 Å². The Morgan fingerprint density at radius 1 is 1.18 bits per heavy atom. The SMILES string of the molecule is Cc1nn(CC(O)CN2C3CCC2CC(OCC2=C(F)CCC=C2)C3)c(=O)n1-c1ccccc1. The molecule has 0 radical (unpaired) electrons. The average molecular weight is 469 g/mol. The Balaban J connectivity index is 1.18. The van der Waals surface area contributed by atoms with E-state index in [1.54, 1.807) is 11.5 Å². The summed E-state index contributed by atoms with van der Waals surface area (Å²) in [7, 11) is 0. The Bertz CT molecular complexity index is 1110. The van der Waals surface area contributed by atoms with Crippen LogP contribution < -0.4 is 5.69 Å². The first-order valence-electron chi connectivity index (χ1n) is 12.3. The highest BCUT2D eigenvalue weighted by atomic mass is 19.1. The largest absolute Gasteiger partial charge is 0.390 e. The number of aryl methyl sites for hydroxylation is 1. The molecule has 7 nitrogen and oxygen atoms in total. The van der Waals surface area contributed by atoms with Gasteiger partial charge in [-0.1, -0.05) is 30.4 Å². The fourth-order valence-electron chi connectivity index (χ4n) is 5.69. The zero-order chi connectivity index (χ0) is 23.7. The Kier molecular flexibility index (Phi) is 6.81. The van der Waals surface area contributed by atoms with E-state index >= 15 is 0 Å². The van der Waals surface area contributed by atoms with Crippen LogP contribution in [-0.4, -0.2) is 61.8 Å². The maximum Gasteiger partial charge on any atom is 0.350 e. The number of benzene rings is 1. The minimum atomic E-state index is -0.691. The summed E-state index contributed by atoms with van der Waals surface area (Å²) in [5.41, 5.74) is 1.20. The van der Waals surface area contributed by atoms with Gasteiger partial charge in [-0.25, -0.2) is 18.4 Å². The van der Waals surface area contributed by atoms with Gasteiger partial charge < -0.3 is 9.84 Å². The first-order valence-corrected chi connectivity index (χ1v) is 12.3. The number of halogens is 1. The number of para-hydroxylation sites is 1. The minimum absolute atomic E-state index is 0.0498. The maximum atomic E-state index is 14.0. The Morgan fingerprint density at radius 3 is 2.62 bits per heavy atom. The van der Waals surface area contributed by atoms with Gasteiger partial charge in [0.05, 0.1) is 31.0 Å². The average Bonchev–Trinajstić information content (AvgIpc) is 3.22. The second-order valence-electron chi connectivity index (χ2n) is 9.69. The van der Waals surface area contributed by atoms with Crippen LogP contribution in [0, 0.1) is 6.92 Å². The molecule has 182 valence electrons. The van der Waals surface area contributed by atoms with Crippen molar-refractivity contribution in [1.29, 1.82) is 0 Å². The first kappa shape index (κ1) is 23.2. The zero-order valence-electron chi connectivity index (χ0n) is 19.6. The molecule has 2 bridgehead atoms. The van der Waals surface area contributed by atoms with Crippen LogP contribution in [0.15, 0.2) is 58.7 Å². The van der Waals surface area contributed by atoms with E-state index in [9.17, 15) is 14.3 Å². The highest BCUT2D eigenvalue weighted by Crippen LogP contribution is 2.37. The molecule has 3 atom stereocenters. The molecule has 2 aliphatic heterocycles. The van der Waals surface area contributed by atoms with Crippen molar-refractivity contribution in [2.24, 2.45) is 0 Å². The Labute approximate surface area is 199 Å². The van der Waals surface area contributed by atoms with Crippen LogP contribution in [0.4, 0.5) is 4.39 Å². The summed E-state index contributed by atoms with van der Waals surface area (Å²) >= 11 is 0. The smallest absolute Gasteiger partial charge is 0.350 e. The molecule has 2 saturated heterocycles. The molecule has 1 aliphatic carbocycles. The summed E-state index contributed by atoms with van der Waals surface area (Å²) in [5, 5.41) is 15.2. The van der Waals surface area contributed by atoms with Crippen molar-refractivity contribution in [3.8, 4) is 5.69 Å². The molecule has 5 rings (SSSR count). The quantitative estimate of drug-likeness (QED) is 0.644. The monoisotopic (exact) mass is 468 g/mol. The molecule has 0 amide bonds. The summed E-state index contributed by atoms with van der Waals surface area (Å²) in [4.78, 5) is 15.3. The molecule has 1 aromatic carbocycles. The lowest BCUT2D eigenvalue weighted by Crippen LogP contribution is -2.49. The summed E-state index contributed by atoms with van der Waals surface area (Å²) in [6.07, 6.45) is 8.46. The number of ether oxygens (including phenoxy) is 1. The number of rotatable bonds is 8. The lowest BCUT2D eigenvalue weighted by atomic mass is 9.99. The third kappa shape index (κ3) is 4.80. The van der Waals surface area contributed by atoms with Crippen LogP contribution in [0.1, 0.15) is 44.3 Å².